The number of carbonyl (C=O) groups is 2. The first kappa shape index (κ1) is 17.7. The van der Waals surface area contributed by atoms with Crippen molar-refractivity contribution in [1.29, 1.82) is 0 Å². The highest BCUT2D eigenvalue weighted by Gasteiger charge is 2.12. The molecule has 2 N–H and O–H groups in total. The minimum Gasteiger partial charge on any atom is -0.495 e. The molecule has 0 aliphatic carbocycles. The first-order valence-corrected chi connectivity index (χ1v) is 8.58. The summed E-state index contributed by atoms with van der Waals surface area (Å²) in [5.41, 5.74) is 1.40. The third-order valence-electron chi connectivity index (χ3n) is 3.20. The van der Waals surface area contributed by atoms with E-state index < -0.39 is 16.8 Å². The first-order chi connectivity index (χ1) is 11.5. The van der Waals surface area contributed by atoms with E-state index in [0.717, 1.165) is 0 Å². The molecule has 6 nitrogen and oxygen atoms in total. The molecule has 0 saturated carbocycles. The van der Waals surface area contributed by atoms with Crippen molar-refractivity contribution in [3.63, 3.8) is 0 Å². The lowest BCUT2D eigenvalue weighted by molar-refractivity contribution is -0.113. The number of ether oxygens (including phenoxy) is 1. The van der Waals surface area contributed by atoms with Gasteiger partial charge in [0.2, 0.25) is 5.91 Å². The standard InChI is InChI=1S/C17H17NO5S/c1-23-15-5-3-2-4-14(15)18-16(19)11-24(22)10-12-6-8-13(9-7-12)17(20)21/h2-9H,10-11H2,1H3,(H,18,19)(H,20,21). The lowest BCUT2D eigenvalue weighted by atomic mass is 10.1. The van der Waals surface area contributed by atoms with Crippen molar-refractivity contribution >= 4 is 28.4 Å². The molecule has 1 atom stereocenters. The maximum atomic E-state index is 12.1. The molecule has 0 fully saturated rings. The van der Waals surface area contributed by atoms with Crippen LogP contribution in [0.3, 0.4) is 0 Å². The van der Waals surface area contributed by atoms with E-state index in [1.807, 2.05) is 0 Å². The Hall–Kier alpha value is -2.67. The second kappa shape index (κ2) is 8.26. The minimum atomic E-state index is -1.40. The summed E-state index contributed by atoms with van der Waals surface area (Å²) in [6.07, 6.45) is 0. The summed E-state index contributed by atoms with van der Waals surface area (Å²) in [4.78, 5) is 22.8. The van der Waals surface area contributed by atoms with Gasteiger partial charge >= 0.3 is 5.97 Å². The molecule has 0 bridgehead atoms. The van der Waals surface area contributed by atoms with E-state index in [-0.39, 0.29) is 23.0 Å². The molecule has 0 aromatic heterocycles. The van der Waals surface area contributed by atoms with Crippen LogP contribution in [0.4, 0.5) is 5.69 Å². The Morgan fingerprint density at radius 2 is 1.79 bits per heavy atom. The number of benzene rings is 2. The fourth-order valence-corrected chi connectivity index (χ4v) is 3.09. The van der Waals surface area contributed by atoms with Gasteiger partial charge in [-0.1, -0.05) is 24.3 Å². The number of hydrogen-bond acceptors (Lipinski definition) is 4. The van der Waals surface area contributed by atoms with E-state index >= 15 is 0 Å². The average molecular weight is 347 g/mol. The topological polar surface area (TPSA) is 92.7 Å². The van der Waals surface area contributed by atoms with Crippen molar-refractivity contribution in [2.75, 3.05) is 18.2 Å². The summed E-state index contributed by atoms with van der Waals surface area (Å²) in [5.74, 6) is -0.836. The lowest BCUT2D eigenvalue weighted by Gasteiger charge is -2.09. The molecular formula is C17H17NO5S. The Bertz CT molecular complexity index is 758. The molecule has 2 aromatic carbocycles. The van der Waals surface area contributed by atoms with Crippen molar-refractivity contribution < 1.29 is 23.6 Å². The van der Waals surface area contributed by atoms with Gasteiger partial charge < -0.3 is 15.2 Å². The van der Waals surface area contributed by atoms with Crippen LogP contribution in [0.1, 0.15) is 15.9 Å². The molecule has 0 radical (unpaired) electrons. The van der Waals surface area contributed by atoms with Gasteiger partial charge in [0.1, 0.15) is 11.5 Å². The highest BCUT2D eigenvalue weighted by molar-refractivity contribution is 7.84. The molecule has 24 heavy (non-hydrogen) atoms. The number of amides is 1. The summed E-state index contributed by atoms with van der Waals surface area (Å²) in [6.45, 7) is 0. The zero-order chi connectivity index (χ0) is 17.5. The number of methoxy groups -OCH3 is 1. The molecule has 1 unspecified atom stereocenters. The second-order valence-electron chi connectivity index (χ2n) is 4.98. The molecular weight excluding hydrogens is 330 g/mol. The predicted molar refractivity (Wildman–Crippen MR) is 91.7 cm³/mol. The molecule has 0 aliphatic heterocycles. The van der Waals surface area contributed by atoms with E-state index in [1.54, 1.807) is 36.4 Å². The van der Waals surface area contributed by atoms with Crippen LogP contribution in [0.15, 0.2) is 48.5 Å². The number of anilines is 1. The van der Waals surface area contributed by atoms with Crippen LogP contribution in [0.25, 0.3) is 0 Å². The molecule has 0 saturated heterocycles. The van der Waals surface area contributed by atoms with Crippen LogP contribution >= 0.6 is 0 Å². The molecule has 2 rings (SSSR count). The molecule has 7 heteroatoms. The number of carboxylic acid groups (broad SMARTS) is 1. The van der Waals surface area contributed by atoms with Gasteiger partial charge in [-0.15, -0.1) is 0 Å². The molecule has 0 heterocycles. The third-order valence-corrected chi connectivity index (χ3v) is 4.44. The number of carbonyl (C=O) groups excluding carboxylic acids is 1. The number of rotatable bonds is 7. The maximum absolute atomic E-state index is 12.1. The quantitative estimate of drug-likeness (QED) is 0.801. The Morgan fingerprint density at radius 3 is 2.42 bits per heavy atom. The number of hydrogen-bond donors (Lipinski definition) is 2. The fourth-order valence-electron chi connectivity index (χ4n) is 2.06. The van der Waals surface area contributed by atoms with Crippen LogP contribution in [0.2, 0.25) is 0 Å². The van der Waals surface area contributed by atoms with Gasteiger partial charge in [0.25, 0.3) is 0 Å². The average Bonchev–Trinajstić information content (AvgIpc) is 2.55. The molecule has 1 amide bonds. The number of nitrogens with one attached hydrogen (secondary N) is 1. The van der Waals surface area contributed by atoms with Crippen molar-refractivity contribution in [2.45, 2.75) is 5.75 Å². The summed E-state index contributed by atoms with van der Waals surface area (Å²) < 4.78 is 17.2. The summed E-state index contributed by atoms with van der Waals surface area (Å²) in [6, 6.07) is 13.1. The monoisotopic (exact) mass is 347 g/mol. The smallest absolute Gasteiger partial charge is 0.335 e. The van der Waals surface area contributed by atoms with E-state index in [4.69, 9.17) is 9.84 Å². The number of carboxylic acids is 1. The molecule has 126 valence electrons. The van der Waals surface area contributed by atoms with Gasteiger partial charge in [-0.2, -0.15) is 0 Å². The van der Waals surface area contributed by atoms with E-state index in [0.29, 0.717) is 17.0 Å². The molecule has 0 aliphatic rings. The Labute approximate surface area is 141 Å². The zero-order valence-corrected chi connectivity index (χ0v) is 13.8. The van der Waals surface area contributed by atoms with Gasteiger partial charge in [0, 0.05) is 16.6 Å². The SMILES string of the molecule is COc1ccccc1NC(=O)CS(=O)Cc1ccc(C(=O)O)cc1. The summed E-state index contributed by atoms with van der Waals surface area (Å²) >= 11 is 0. The largest absolute Gasteiger partial charge is 0.495 e. The van der Waals surface area contributed by atoms with Crippen LogP contribution in [-0.4, -0.2) is 34.1 Å². The lowest BCUT2D eigenvalue weighted by Crippen LogP contribution is -2.20. The fraction of sp³-hybridized carbons (Fsp3) is 0.176. The van der Waals surface area contributed by atoms with Crippen molar-refractivity contribution in [3.05, 3.63) is 59.7 Å². The molecule has 0 spiro atoms. The highest BCUT2D eigenvalue weighted by Crippen LogP contribution is 2.22. The van der Waals surface area contributed by atoms with Gasteiger partial charge in [-0.05, 0) is 29.8 Å². The van der Waals surface area contributed by atoms with Crippen molar-refractivity contribution in [2.24, 2.45) is 0 Å². The highest BCUT2D eigenvalue weighted by atomic mass is 32.2. The van der Waals surface area contributed by atoms with Crippen LogP contribution < -0.4 is 10.1 Å². The summed E-state index contributed by atoms with van der Waals surface area (Å²) in [5, 5.41) is 11.5. The maximum Gasteiger partial charge on any atom is 0.335 e. The minimum absolute atomic E-state index is 0.154. The van der Waals surface area contributed by atoms with Crippen molar-refractivity contribution in [3.8, 4) is 5.75 Å². The molecule has 2 aromatic rings. The van der Waals surface area contributed by atoms with Crippen LogP contribution in [0.5, 0.6) is 5.75 Å². The van der Waals surface area contributed by atoms with E-state index in [1.165, 1.54) is 19.2 Å². The normalized spacial score (nSPS) is 11.5. The zero-order valence-electron chi connectivity index (χ0n) is 13.0. The van der Waals surface area contributed by atoms with Gasteiger partial charge in [0.15, 0.2) is 0 Å². The number of aromatic carboxylic acids is 1. The van der Waals surface area contributed by atoms with E-state index in [2.05, 4.69) is 5.32 Å². The van der Waals surface area contributed by atoms with Gasteiger partial charge in [-0.25, -0.2) is 4.79 Å². The third kappa shape index (κ3) is 4.92. The van der Waals surface area contributed by atoms with Gasteiger partial charge in [0.05, 0.1) is 18.4 Å². The predicted octanol–water partition coefficient (Wildman–Crippen LogP) is 2.28. The van der Waals surface area contributed by atoms with Crippen molar-refractivity contribution in [1.82, 2.24) is 0 Å². The van der Waals surface area contributed by atoms with Crippen LogP contribution in [0, 0.1) is 0 Å². The Kier molecular flexibility index (Phi) is 6.08. The van der Waals surface area contributed by atoms with E-state index in [9.17, 15) is 13.8 Å². The van der Waals surface area contributed by atoms with Gasteiger partial charge in [-0.3, -0.25) is 9.00 Å². The first-order valence-electron chi connectivity index (χ1n) is 7.09. The Balaban J connectivity index is 1.92. The second-order valence-corrected chi connectivity index (χ2v) is 6.44. The number of para-hydroxylation sites is 2. The summed E-state index contributed by atoms with van der Waals surface area (Å²) in [7, 11) is 0.103. The Morgan fingerprint density at radius 1 is 1.12 bits per heavy atom. The van der Waals surface area contributed by atoms with Crippen LogP contribution in [-0.2, 0) is 21.3 Å².